The monoisotopic (exact) mass is 386 g/mol. The number of amides is 1. The SMILES string of the molecule is CC(C)CCN(C)C(=O)C1CCCN(C2CCN(Cc3ccncc3)CC2)C1. The number of piperidine rings is 2. The lowest BCUT2D eigenvalue weighted by Gasteiger charge is -2.42. The van der Waals surface area contributed by atoms with Gasteiger partial charge in [-0.25, -0.2) is 0 Å². The Morgan fingerprint density at radius 3 is 2.57 bits per heavy atom. The molecule has 0 aromatic carbocycles. The van der Waals surface area contributed by atoms with E-state index in [1.165, 1.54) is 18.4 Å². The molecular formula is C23H38N4O. The minimum Gasteiger partial charge on any atom is -0.345 e. The van der Waals surface area contributed by atoms with Crippen LogP contribution in [0.4, 0.5) is 0 Å². The van der Waals surface area contributed by atoms with Crippen molar-refractivity contribution < 1.29 is 4.79 Å². The molecule has 0 N–H and O–H groups in total. The van der Waals surface area contributed by atoms with Crippen molar-refractivity contribution in [1.82, 2.24) is 19.7 Å². The number of hydrogen-bond donors (Lipinski definition) is 0. The quantitative estimate of drug-likeness (QED) is 0.721. The third-order valence-electron chi connectivity index (χ3n) is 6.45. The second-order valence-electron chi connectivity index (χ2n) is 9.14. The standard InChI is InChI=1S/C23H38N4O/c1-19(2)8-14-25(3)23(28)21-5-4-13-27(18-21)22-9-15-26(16-10-22)17-20-6-11-24-12-7-20/h6-7,11-12,19,21-22H,4-5,8-10,13-18H2,1-3H3. The number of likely N-dealkylation sites (tertiary alicyclic amines) is 2. The Kier molecular flexibility index (Phi) is 7.86. The molecule has 0 radical (unpaired) electrons. The van der Waals surface area contributed by atoms with Crippen molar-refractivity contribution in [3.05, 3.63) is 30.1 Å². The zero-order valence-electron chi connectivity index (χ0n) is 18.0. The number of aromatic nitrogens is 1. The highest BCUT2D eigenvalue weighted by molar-refractivity contribution is 5.78. The third-order valence-corrected chi connectivity index (χ3v) is 6.45. The van der Waals surface area contributed by atoms with Gasteiger partial charge >= 0.3 is 0 Å². The molecule has 2 fully saturated rings. The van der Waals surface area contributed by atoms with E-state index in [0.717, 1.165) is 58.5 Å². The van der Waals surface area contributed by atoms with Gasteiger partial charge in [-0.15, -0.1) is 0 Å². The van der Waals surface area contributed by atoms with Gasteiger partial charge in [-0.1, -0.05) is 13.8 Å². The van der Waals surface area contributed by atoms with E-state index in [1.807, 2.05) is 24.3 Å². The summed E-state index contributed by atoms with van der Waals surface area (Å²) in [5.74, 6) is 1.21. The predicted octanol–water partition coefficient (Wildman–Crippen LogP) is 3.26. The average molecular weight is 387 g/mol. The highest BCUT2D eigenvalue weighted by atomic mass is 16.2. The Morgan fingerprint density at radius 1 is 1.18 bits per heavy atom. The summed E-state index contributed by atoms with van der Waals surface area (Å²) < 4.78 is 0. The summed E-state index contributed by atoms with van der Waals surface area (Å²) in [5.41, 5.74) is 1.35. The van der Waals surface area contributed by atoms with Gasteiger partial charge in [0.2, 0.25) is 5.91 Å². The first-order valence-corrected chi connectivity index (χ1v) is 11.1. The van der Waals surface area contributed by atoms with Gasteiger partial charge in [-0.05, 0) is 75.4 Å². The van der Waals surface area contributed by atoms with Gasteiger partial charge in [0.25, 0.3) is 0 Å². The Morgan fingerprint density at radius 2 is 1.89 bits per heavy atom. The van der Waals surface area contributed by atoms with E-state index in [-0.39, 0.29) is 5.92 Å². The Labute approximate surface area is 171 Å². The summed E-state index contributed by atoms with van der Waals surface area (Å²) in [6.45, 7) is 10.8. The third kappa shape index (κ3) is 6.02. The van der Waals surface area contributed by atoms with Crippen LogP contribution in [0.3, 0.4) is 0 Å². The minimum absolute atomic E-state index is 0.195. The van der Waals surface area contributed by atoms with Gasteiger partial charge in [-0.2, -0.15) is 0 Å². The van der Waals surface area contributed by atoms with Crippen LogP contribution in [-0.4, -0.2) is 71.4 Å². The fraction of sp³-hybridized carbons (Fsp3) is 0.739. The molecule has 2 aliphatic heterocycles. The number of pyridine rings is 1. The summed E-state index contributed by atoms with van der Waals surface area (Å²) in [5, 5.41) is 0. The second-order valence-corrected chi connectivity index (χ2v) is 9.14. The lowest BCUT2D eigenvalue weighted by atomic mass is 9.92. The molecule has 1 atom stereocenters. The largest absolute Gasteiger partial charge is 0.345 e. The van der Waals surface area contributed by atoms with Crippen molar-refractivity contribution in [2.24, 2.45) is 11.8 Å². The summed E-state index contributed by atoms with van der Waals surface area (Å²) in [6.07, 6.45) is 9.50. The molecule has 28 heavy (non-hydrogen) atoms. The van der Waals surface area contributed by atoms with E-state index in [0.29, 0.717) is 17.9 Å². The van der Waals surface area contributed by atoms with E-state index in [4.69, 9.17) is 0 Å². The molecule has 3 rings (SSSR count). The van der Waals surface area contributed by atoms with Gasteiger partial charge in [0.15, 0.2) is 0 Å². The first-order chi connectivity index (χ1) is 13.5. The van der Waals surface area contributed by atoms with Crippen LogP contribution in [-0.2, 0) is 11.3 Å². The Hall–Kier alpha value is -1.46. The number of carbonyl (C=O) groups excluding carboxylic acids is 1. The van der Waals surface area contributed by atoms with Crippen LogP contribution in [0.25, 0.3) is 0 Å². The summed E-state index contributed by atoms with van der Waals surface area (Å²) >= 11 is 0. The first kappa shape index (κ1) is 21.3. The molecule has 0 bridgehead atoms. The Bertz CT molecular complexity index is 598. The smallest absolute Gasteiger partial charge is 0.226 e. The molecule has 3 heterocycles. The molecular weight excluding hydrogens is 348 g/mol. The molecule has 0 aliphatic carbocycles. The highest BCUT2D eigenvalue weighted by Crippen LogP contribution is 2.25. The fourth-order valence-corrected chi connectivity index (χ4v) is 4.60. The van der Waals surface area contributed by atoms with E-state index in [1.54, 1.807) is 0 Å². The summed E-state index contributed by atoms with van der Waals surface area (Å²) in [6, 6.07) is 4.87. The van der Waals surface area contributed by atoms with Gasteiger partial charge in [-0.3, -0.25) is 19.6 Å². The molecule has 5 heteroatoms. The van der Waals surface area contributed by atoms with Gasteiger partial charge < -0.3 is 4.90 Å². The van der Waals surface area contributed by atoms with E-state index < -0.39 is 0 Å². The van der Waals surface area contributed by atoms with Crippen molar-refractivity contribution >= 4 is 5.91 Å². The molecule has 2 saturated heterocycles. The second kappa shape index (κ2) is 10.4. The molecule has 0 saturated carbocycles. The minimum atomic E-state index is 0.195. The summed E-state index contributed by atoms with van der Waals surface area (Å²) in [4.78, 5) is 24.1. The number of rotatable bonds is 7. The number of hydrogen-bond acceptors (Lipinski definition) is 4. The van der Waals surface area contributed by atoms with Crippen LogP contribution >= 0.6 is 0 Å². The predicted molar refractivity (Wildman–Crippen MR) is 114 cm³/mol. The van der Waals surface area contributed by atoms with Gasteiger partial charge in [0.1, 0.15) is 0 Å². The molecule has 1 amide bonds. The molecule has 1 aromatic heterocycles. The van der Waals surface area contributed by atoms with Crippen LogP contribution in [0.15, 0.2) is 24.5 Å². The van der Waals surface area contributed by atoms with Crippen molar-refractivity contribution in [2.75, 3.05) is 39.8 Å². The fourth-order valence-electron chi connectivity index (χ4n) is 4.60. The zero-order chi connectivity index (χ0) is 19.9. The molecule has 0 spiro atoms. The molecule has 1 unspecified atom stereocenters. The topological polar surface area (TPSA) is 39.7 Å². The maximum Gasteiger partial charge on any atom is 0.226 e. The van der Waals surface area contributed by atoms with Crippen LogP contribution < -0.4 is 0 Å². The number of nitrogens with zero attached hydrogens (tertiary/aromatic N) is 4. The Balaban J connectivity index is 1.45. The van der Waals surface area contributed by atoms with E-state index in [9.17, 15) is 4.79 Å². The normalized spacial score (nSPS) is 22.5. The zero-order valence-corrected chi connectivity index (χ0v) is 18.0. The van der Waals surface area contributed by atoms with Crippen LogP contribution in [0.2, 0.25) is 0 Å². The van der Waals surface area contributed by atoms with Gasteiger partial charge in [0.05, 0.1) is 5.92 Å². The van der Waals surface area contributed by atoms with Crippen LogP contribution in [0.1, 0.15) is 51.5 Å². The molecule has 2 aliphatic rings. The average Bonchev–Trinajstić information content (AvgIpc) is 2.73. The lowest BCUT2D eigenvalue weighted by molar-refractivity contribution is -0.136. The maximum absolute atomic E-state index is 12.9. The molecule has 1 aromatic rings. The van der Waals surface area contributed by atoms with Gasteiger partial charge in [0, 0.05) is 45.1 Å². The maximum atomic E-state index is 12.9. The summed E-state index contributed by atoms with van der Waals surface area (Å²) in [7, 11) is 1.99. The number of carbonyl (C=O) groups is 1. The van der Waals surface area contributed by atoms with Crippen molar-refractivity contribution in [3.63, 3.8) is 0 Å². The first-order valence-electron chi connectivity index (χ1n) is 11.1. The van der Waals surface area contributed by atoms with E-state index >= 15 is 0 Å². The van der Waals surface area contributed by atoms with Crippen molar-refractivity contribution in [1.29, 1.82) is 0 Å². The lowest BCUT2D eigenvalue weighted by Crippen LogP contribution is -2.50. The van der Waals surface area contributed by atoms with Crippen molar-refractivity contribution in [3.8, 4) is 0 Å². The van der Waals surface area contributed by atoms with E-state index in [2.05, 4.69) is 40.8 Å². The van der Waals surface area contributed by atoms with Crippen LogP contribution in [0.5, 0.6) is 0 Å². The molecule has 5 nitrogen and oxygen atoms in total. The van der Waals surface area contributed by atoms with Crippen molar-refractivity contribution in [2.45, 2.75) is 58.5 Å². The van der Waals surface area contributed by atoms with Crippen LogP contribution in [0, 0.1) is 11.8 Å². The highest BCUT2D eigenvalue weighted by Gasteiger charge is 2.32. The molecule has 156 valence electrons.